The number of benzene rings is 3. The van der Waals surface area contributed by atoms with Crippen molar-refractivity contribution in [3.05, 3.63) is 78.2 Å². The van der Waals surface area contributed by atoms with Crippen LogP contribution in [0, 0.1) is 5.82 Å². The minimum Gasteiger partial charge on any atom is -0.496 e. The van der Waals surface area contributed by atoms with Crippen LogP contribution in [0.25, 0.3) is 16.6 Å². The number of carbonyl (C=O) groups excluding carboxylic acids is 1. The van der Waals surface area contributed by atoms with Gasteiger partial charge in [-0.1, -0.05) is 6.07 Å². The van der Waals surface area contributed by atoms with Gasteiger partial charge in [0.1, 0.15) is 23.4 Å². The third-order valence-electron chi connectivity index (χ3n) is 5.68. The average Bonchev–Trinajstić information content (AvgIpc) is 3.30. The average molecular weight is 534 g/mol. The predicted octanol–water partition coefficient (Wildman–Crippen LogP) is 6.08. The molecular weight excluding hydrogens is 510 g/mol. The van der Waals surface area contributed by atoms with Crippen LogP contribution in [0.3, 0.4) is 0 Å². The number of nitrogens with one attached hydrogen (secondary N) is 1. The standard InChI is InChI=1S/C26H23F4N3O3S/c1-15(32-25(34)26(28,29)30)24(16-4-11-23(37-3)22(13-16)35-2)36-20-9-10-21-17(12-20)14-31-33(21)19-7-5-18(27)6-8-19/h4-15,24H,1-3H3,(H,32,34)/t15-,24-/m0/s1. The molecule has 0 saturated heterocycles. The van der Waals surface area contributed by atoms with E-state index < -0.39 is 24.2 Å². The molecule has 0 bridgehead atoms. The first-order chi connectivity index (χ1) is 17.6. The van der Waals surface area contributed by atoms with Crippen LogP contribution < -0.4 is 14.8 Å². The third-order valence-corrected chi connectivity index (χ3v) is 6.46. The van der Waals surface area contributed by atoms with Crippen LogP contribution in [-0.4, -0.2) is 41.3 Å². The maximum Gasteiger partial charge on any atom is 0.471 e. The van der Waals surface area contributed by atoms with Gasteiger partial charge in [-0.05, 0) is 73.3 Å². The van der Waals surface area contributed by atoms with Gasteiger partial charge in [0.05, 0.1) is 30.6 Å². The Kier molecular flexibility index (Phi) is 7.63. The van der Waals surface area contributed by atoms with Crippen LogP contribution in [0.5, 0.6) is 11.5 Å². The zero-order valence-electron chi connectivity index (χ0n) is 20.0. The molecule has 4 rings (SSSR count). The van der Waals surface area contributed by atoms with Crippen LogP contribution in [0.2, 0.25) is 0 Å². The van der Waals surface area contributed by atoms with Gasteiger partial charge in [0.2, 0.25) is 0 Å². The van der Waals surface area contributed by atoms with Gasteiger partial charge in [-0.15, -0.1) is 11.8 Å². The summed E-state index contributed by atoms with van der Waals surface area (Å²) >= 11 is 1.46. The van der Waals surface area contributed by atoms with E-state index >= 15 is 0 Å². The molecule has 1 aromatic heterocycles. The number of aromatic nitrogens is 2. The molecule has 1 N–H and O–H groups in total. The van der Waals surface area contributed by atoms with Crippen molar-refractivity contribution in [3.63, 3.8) is 0 Å². The fourth-order valence-electron chi connectivity index (χ4n) is 3.87. The van der Waals surface area contributed by atoms with Crippen molar-refractivity contribution >= 4 is 28.6 Å². The van der Waals surface area contributed by atoms with Crippen molar-refractivity contribution in [2.45, 2.75) is 30.1 Å². The summed E-state index contributed by atoms with van der Waals surface area (Å²) in [6.45, 7) is 1.44. The van der Waals surface area contributed by atoms with E-state index in [1.165, 1.54) is 37.9 Å². The van der Waals surface area contributed by atoms with Crippen molar-refractivity contribution in [3.8, 4) is 17.2 Å². The van der Waals surface area contributed by atoms with E-state index in [0.717, 1.165) is 10.4 Å². The van der Waals surface area contributed by atoms with Crippen LogP contribution >= 0.6 is 11.8 Å². The molecule has 0 aliphatic heterocycles. The quantitative estimate of drug-likeness (QED) is 0.220. The summed E-state index contributed by atoms with van der Waals surface area (Å²) in [5, 5.41) is 7.04. The molecule has 0 aliphatic carbocycles. The number of rotatable bonds is 8. The Morgan fingerprint density at radius 3 is 2.46 bits per heavy atom. The number of ether oxygens (including phenoxy) is 2. The molecule has 0 radical (unpaired) electrons. The lowest BCUT2D eigenvalue weighted by atomic mass is 10.0. The number of alkyl halides is 3. The lowest BCUT2D eigenvalue weighted by Crippen LogP contribution is -2.45. The number of thioether (sulfide) groups is 1. The van der Waals surface area contributed by atoms with E-state index in [4.69, 9.17) is 9.47 Å². The first-order valence-electron chi connectivity index (χ1n) is 11.1. The molecule has 2 atom stereocenters. The first kappa shape index (κ1) is 26.3. The number of fused-ring (bicyclic) bond motifs is 1. The van der Waals surface area contributed by atoms with Gasteiger partial charge in [-0.2, -0.15) is 18.3 Å². The Morgan fingerprint density at radius 1 is 1.08 bits per heavy atom. The molecule has 1 heterocycles. The number of carbonyl (C=O) groups is 1. The summed E-state index contributed by atoms with van der Waals surface area (Å²) < 4.78 is 65.4. The van der Waals surface area contributed by atoms with E-state index in [2.05, 4.69) is 5.10 Å². The summed E-state index contributed by atoms with van der Waals surface area (Å²) in [5.74, 6) is -1.53. The van der Waals surface area contributed by atoms with Crippen molar-refractivity contribution < 1.29 is 31.8 Å². The molecule has 3 aromatic carbocycles. The number of halogens is 4. The molecule has 6 nitrogen and oxygen atoms in total. The highest BCUT2D eigenvalue weighted by molar-refractivity contribution is 7.98. The summed E-state index contributed by atoms with van der Waals surface area (Å²) in [4.78, 5) is 12.5. The molecular formula is C26H23F4N3O3S. The van der Waals surface area contributed by atoms with Gasteiger partial charge in [0.25, 0.3) is 0 Å². The SMILES string of the molecule is COc1cc([C@@H](Oc2ccc3c(cnn3-c3ccc(F)cc3)c2)[C@H](C)NC(=O)C(F)(F)F)ccc1SC. The van der Waals surface area contributed by atoms with Gasteiger partial charge in [-0.3, -0.25) is 4.79 Å². The largest absolute Gasteiger partial charge is 0.496 e. The highest BCUT2D eigenvalue weighted by Gasteiger charge is 2.40. The van der Waals surface area contributed by atoms with E-state index in [9.17, 15) is 22.4 Å². The number of hydrogen-bond acceptors (Lipinski definition) is 5. The molecule has 0 fully saturated rings. The number of hydrogen-bond donors (Lipinski definition) is 1. The highest BCUT2D eigenvalue weighted by Crippen LogP contribution is 2.34. The van der Waals surface area contributed by atoms with E-state index in [1.807, 2.05) is 11.6 Å². The van der Waals surface area contributed by atoms with Gasteiger partial charge >= 0.3 is 12.1 Å². The Balaban J connectivity index is 1.68. The minimum atomic E-state index is -5.03. The molecule has 0 spiro atoms. The summed E-state index contributed by atoms with van der Waals surface area (Å²) in [7, 11) is 1.50. The highest BCUT2D eigenvalue weighted by atomic mass is 32.2. The second-order valence-electron chi connectivity index (χ2n) is 8.17. The molecule has 11 heteroatoms. The number of methoxy groups -OCH3 is 1. The Labute approximate surface area is 214 Å². The van der Waals surface area contributed by atoms with Crippen molar-refractivity contribution in [1.82, 2.24) is 15.1 Å². The Bertz CT molecular complexity index is 1410. The maximum atomic E-state index is 13.3. The fraction of sp³-hybridized carbons (Fsp3) is 0.231. The van der Waals surface area contributed by atoms with Gasteiger partial charge in [0, 0.05) is 10.3 Å². The number of amides is 1. The topological polar surface area (TPSA) is 65.4 Å². The molecule has 0 aliphatic rings. The van der Waals surface area contributed by atoms with Crippen molar-refractivity contribution in [2.24, 2.45) is 0 Å². The summed E-state index contributed by atoms with van der Waals surface area (Å²) in [6.07, 6.45) is -2.53. The molecule has 4 aromatic rings. The normalized spacial score (nSPS) is 13.3. The van der Waals surface area contributed by atoms with Crippen LogP contribution in [0.4, 0.5) is 17.6 Å². The van der Waals surface area contributed by atoms with Gasteiger partial charge in [0.15, 0.2) is 0 Å². The lowest BCUT2D eigenvalue weighted by molar-refractivity contribution is -0.174. The van der Waals surface area contributed by atoms with E-state index in [-0.39, 0.29) is 5.82 Å². The van der Waals surface area contributed by atoms with Crippen molar-refractivity contribution in [1.29, 1.82) is 0 Å². The molecule has 194 valence electrons. The second-order valence-corrected chi connectivity index (χ2v) is 9.01. The van der Waals surface area contributed by atoms with Crippen LogP contribution in [-0.2, 0) is 4.79 Å². The van der Waals surface area contributed by atoms with Crippen LogP contribution in [0.15, 0.2) is 71.8 Å². The van der Waals surface area contributed by atoms with Crippen LogP contribution in [0.1, 0.15) is 18.6 Å². The molecule has 0 unspecified atom stereocenters. The molecule has 0 saturated carbocycles. The predicted molar refractivity (Wildman–Crippen MR) is 133 cm³/mol. The summed E-state index contributed by atoms with van der Waals surface area (Å²) in [6, 6.07) is 15.1. The fourth-order valence-corrected chi connectivity index (χ4v) is 4.42. The first-order valence-corrected chi connectivity index (χ1v) is 12.3. The molecule has 37 heavy (non-hydrogen) atoms. The Hall–Kier alpha value is -3.73. The molecule has 1 amide bonds. The Morgan fingerprint density at radius 2 is 1.81 bits per heavy atom. The summed E-state index contributed by atoms with van der Waals surface area (Å²) in [5.41, 5.74) is 1.90. The van der Waals surface area contributed by atoms with Gasteiger partial charge < -0.3 is 14.8 Å². The smallest absolute Gasteiger partial charge is 0.471 e. The van der Waals surface area contributed by atoms with Crippen molar-refractivity contribution in [2.75, 3.05) is 13.4 Å². The monoisotopic (exact) mass is 533 g/mol. The number of nitrogens with zero attached hydrogens (tertiary/aromatic N) is 2. The minimum absolute atomic E-state index is 0.358. The zero-order chi connectivity index (χ0) is 26.7. The third kappa shape index (κ3) is 5.82. The maximum absolute atomic E-state index is 13.3. The second kappa shape index (κ2) is 10.7. The zero-order valence-corrected chi connectivity index (χ0v) is 20.9. The van der Waals surface area contributed by atoms with Gasteiger partial charge in [-0.25, -0.2) is 9.07 Å². The van der Waals surface area contributed by atoms with E-state index in [0.29, 0.717) is 28.1 Å². The van der Waals surface area contributed by atoms with E-state index in [1.54, 1.807) is 59.4 Å². The lowest BCUT2D eigenvalue weighted by Gasteiger charge is -2.27.